The maximum Gasteiger partial charge on any atom is 0.0639 e. The van der Waals surface area contributed by atoms with Crippen LogP contribution in [0.1, 0.15) is 28.4 Å². The molecule has 1 saturated heterocycles. The number of ether oxygens (including phenoxy) is 1. The zero-order valence-electron chi connectivity index (χ0n) is 13.5. The van der Waals surface area contributed by atoms with Gasteiger partial charge in [0.25, 0.3) is 0 Å². The zero-order chi connectivity index (χ0) is 15.5. The molecule has 0 radical (unpaired) electrons. The highest BCUT2D eigenvalue weighted by atomic mass is 16.5. The number of hydrogen-bond donors (Lipinski definition) is 1. The van der Waals surface area contributed by atoms with E-state index >= 15 is 0 Å². The van der Waals surface area contributed by atoms with Gasteiger partial charge in [0.05, 0.1) is 12.3 Å². The Morgan fingerprint density at radius 3 is 2.68 bits per heavy atom. The molecular weight excluding hydrogens is 276 g/mol. The van der Waals surface area contributed by atoms with Crippen molar-refractivity contribution in [2.24, 2.45) is 5.92 Å². The number of H-pyrrole nitrogens is 1. The van der Waals surface area contributed by atoms with Crippen molar-refractivity contribution in [3.05, 3.63) is 47.0 Å². The Morgan fingerprint density at radius 2 is 2.05 bits per heavy atom. The van der Waals surface area contributed by atoms with Crippen molar-refractivity contribution < 1.29 is 4.74 Å². The number of hydrogen-bond acceptors (Lipinski definition) is 4. The van der Waals surface area contributed by atoms with Gasteiger partial charge in [0, 0.05) is 62.2 Å². The molecule has 1 fully saturated rings. The summed E-state index contributed by atoms with van der Waals surface area (Å²) in [4.78, 5) is 6.65. The Morgan fingerprint density at radius 1 is 1.27 bits per heavy atom. The van der Waals surface area contributed by atoms with Crippen LogP contribution in [-0.4, -0.2) is 46.9 Å². The molecule has 0 amide bonds. The molecule has 118 valence electrons. The van der Waals surface area contributed by atoms with E-state index in [1.807, 2.05) is 12.4 Å². The fourth-order valence-corrected chi connectivity index (χ4v) is 3.49. The van der Waals surface area contributed by atoms with E-state index in [0.29, 0.717) is 11.8 Å². The topological polar surface area (TPSA) is 54.0 Å². The minimum atomic E-state index is 0.510. The number of methoxy groups -OCH3 is 1. The van der Waals surface area contributed by atoms with Gasteiger partial charge in [0.15, 0.2) is 0 Å². The van der Waals surface area contributed by atoms with E-state index in [1.54, 1.807) is 7.11 Å². The molecule has 1 N–H and O–H groups in total. The number of rotatable bonds is 5. The number of aromatic amines is 1. The first-order valence-electron chi connectivity index (χ1n) is 7.80. The average Bonchev–Trinajstić information content (AvgIpc) is 3.07. The predicted octanol–water partition coefficient (Wildman–Crippen LogP) is 2.28. The second-order valence-corrected chi connectivity index (χ2v) is 6.21. The first-order chi connectivity index (χ1) is 10.7. The molecular formula is C17H24N4O. The Kier molecular flexibility index (Phi) is 4.55. The largest absolute Gasteiger partial charge is 0.384 e. The van der Waals surface area contributed by atoms with Crippen LogP contribution in [0.4, 0.5) is 0 Å². The lowest BCUT2D eigenvalue weighted by Crippen LogP contribution is -2.21. The van der Waals surface area contributed by atoms with Crippen LogP contribution in [0.25, 0.3) is 0 Å². The Hall–Kier alpha value is -1.72. The normalized spacial score (nSPS) is 22.3. The fraction of sp³-hybridized carbons (Fsp3) is 0.529. The van der Waals surface area contributed by atoms with Crippen LogP contribution in [-0.2, 0) is 11.3 Å². The van der Waals surface area contributed by atoms with Gasteiger partial charge in [-0.05, 0) is 31.5 Å². The van der Waals surface area contributed by atoms with E-state index < -0.39 is 0 Å². The molecule has 3 heterocycles. The van der Waals surface area contributed by atoms with Gasteiger partial charge in [-0.15, -0.1) is 0 Å². The number of pyridine rings is 1. The predicted molar refractivity (Wildman–Crippen MR) is 85.7 cm³/mol. The Balaban J connectivity index is 1.76. The van der Waals surface area contributed by atoms with Crippen LogP contribution >= 0.6 is 0 Å². The summed E-state index contributed by atoms with van der Waals surface area (Å²) in [5.41, 5.74) is 4.97. The van der Waals surface area contributed by atoms with Crippen molar-refractivity contribution in [2.75, 3.05) is 26.8 Å². The summed E-state index contributed by atoms with van der Waals surface area (Å²) in [7, 11) is 1.79. The zero-order valence-corrected chi connectivity index (χ0v) is 13.5. The van der Waals surface area contributed by atoms with Crippen molar-refractivity contribution in [3.8, 4) is 0 Å². The number of nitrogens with one attached hydrogen (secondary N) is 1. The van der Waals surface area contributed by atoms with Gasteiger partial charge in [-0.3, -0.25) is 15.0 Å². The third kappa shape index (κ3) is 3.05. The van der Waals surface area contributed by atoms with Crippen LogP contribution in [0.15, 0.2) is 24.5 Å². The number of likely N-dealkylation sites (tertiary alicyclic amines) is 1. The van der Waals surface area contributed by atoms with Crippen LogP contribution in [0.5, 0.6) is 0 Å². The van der Waals surface area contributed by atoms with E-state index in [9.17, 15) is 0 Å². The van der Waals surface area contributed by atoms with Crippen LogP contribution < -0.4 is 0 Å². The molecule has 2 aromatic heterocycles. The lowest BCUT2D eigenvalue weighted by atomic mass is 9.90. The highest BCUT2D eigenvalue weighted by molar-refractivity contribution is 5.24. The maximum atomic E-state index is 5.45. The molecule has 0 aliphatic carbocycles. The third-order valence-corrected chi connectivity index (χ3v) is 4.69. The second-order valence-electron chi connectivity index (χ2n) is 6.21. The van der Waals surface area contributed by atoms with Gasteiger partial charge < -0.3 is 4.74 Å². The molecule has 5 heteroatoms. The quantitative estimate of drug-likeness (QED) is 0.920. The second kappa shape index (κ2) is 6.58. The maximum absolute atomic E-state index is 5.45. The van der Waals surface area contributed by atoms with E-state index in [4.69, 9.17) is 4.74 Å². The van der Waals surface area contributed by atoms with E-state index in [0.717, 1.165) is 31.9 Å². The number of nitrogens with zero attached hydrogens (tertiary/aromatic N) is 3. The summed E-state index contributed by atoms with van der Waals surface area (Å²) in [6.07, 6.45) is 3.76. The molecule has 1 aliphatic rings. The number of aryl methyl sites for hydroxylation is 2. The lowest BCUT2D eigenvalue weighted by molar-refractivity contribution is 0.147. The highest BCUT2D eigenvalue weighted by Crippen LogP contribution is 2.33. The summed E-state index contributed by atoms with van der Waals surface area (Å²) < 4.78 is 5.45. The Bertz CT molecular complexity index is 591. The minimum absolute atomic E-state index is 0.510. The fourth-order valence-electron chi connectivity index (χ4n) is 3.49. The van der Waals surface area contributed by atoms with Crippen LogP contribution in [0.3, 0.4) is 0 Å². The molecule has 0 unspecified atom stereocenters. The van der Waals surface area contributed by atoms with Crippen molar-refractivity contribution in [2.45, 2.75) is 26.3 Å². The van der Waals surface area contributed by atoms with E-state index in [2.05, 4.69) is 46.1 Å². The molecule has 5 nitrogen and oxygen atoms in total. The molecule has 0 aromatic carbocycles. The Labute approximate surface area is 131 Å². The van der Waals surface area contributed by atoms with Gasteiger partial charge >= 0.3 is 0 Å². The summed E-state index contributed by atoms with van der Waals surface area (Å²) in [6, 6.07) is 4.26. The monoisotopic (exact) mass is 300 g/mol. The van der Waals surface area contributed by atoms with Gasteiger partial charge in [-0.2, -0.15) is 5.10 Å². The smallest absolute Gasteiger partial charge is 0.0639 e. The van der Waals surface area contributed by atoms with Crippen LogP contribution in [0, 0.1) is 19.8 Å². The average molecular weight is 300 g/mol. The van der Waals surface area contributed by atoms with Crippen molar-refractivity contribution >= 4 is 0 Å². The van der Waals surface area contributed by atoms with E-state index in [-0.39, 0.29) is 0 Å². The molecule has 1 aliphatic heterocycles. The van der Waals surface area contributed by atoms with Gasteiger partial charge in [0.1, 0.15) is 0 Å². The molecule has 0 saturated carbocycles. The standard InChI is InChI=1S/C17H24N4O/c1-12-16(13(2)20-19-12)9-21-8-15(11-22-3)17(10-21)14-4-6-18-7-5-14/h4-7,15,17H,8-11H2,1-3H3,(H,19,20)/t15-,17-/m0/s1. The minimum Gasteiger partial charge on any atom is -0.384 e. The van der Waals surface area contributed by atoms with E-state index in [1.165, 1.54) is 16.8 Å². The van der Waals surface area contributed by atoms with Crippen LogP contribution in [0.2, 0.25) is 0 Å². The molecule has 2 atom stereocenters. The summed E-state index contributed by atoms with van der Waals surface area (Å²) in [5.74, 6) is 1.04. The third-order valence-electron chi connectivity index (χ3n) is 4.69. The molecule has 0 spiro atoms. The van der Waals surface area contributed by atoms with Crippen molar-refractivity contribution in [3.63, 3.8) is 0 Å². The lowest BCUT2D eigenvalue weighted by Gasteiger charge is -2.17. The molecule has 0 bridgehead atoms. The summed E-state index contributed by atoms with van der Waals surface area (Å²) >= 11 is 0. The van der Waals surface area contributed by atoms with Gasteiger partial charge in [-0.1, -0.05) is 0 Å². The number of aromatic nitrogens is 3. The molecule has 3 rings (SSSR count). The van der Waals surface area contributed by atoms with Crippen molar-refractivity contribution in [1.82, 2.24) is 20.1 Å². The van der Waals surface area contributed by atoms with Crippen molar-refractivity contribution in [1.29, 1.82) is 0 Å². The van der Waals surface area contributed by atoms with Gasteiger partial charge in [0.2, 0.25) is 0 Å². The first kappa shape index (κ1) is 15.2. The molecule has 22 heavy (non-hydrogen) atoms. The van der Waals surface area contributed by atoms with Gasteiger partial charge in [-0.25, -0.2) is 0 Å². The first-order valence-corrected chi connectivity index (χ1v) is 7.80. The molecule has 2 aromatic rings. The highest BCUT2D eigenvalue weighted by Gasteiger charge is 2.34. The SMILES string of the molecule is COC[C@@H]1CN(Cc2c(C)n[nH]c2C)C[C@H]1c1ccncc1. The summed E-state index contributed by atoms with van der Waals surface area (Å²) in [5, 5.41) is 7.39. The summed E-state index contributed by atoms with van der Waals surface area (Å²) in [6.45, 7) is 8.04.